The van der Waals surface area contributed by atoms with Gasteiger partial charge in [-0.05, 0) is 36.5 Å². The lowest BCUT2D eigenvalue weighted by molar-refractivity contribution is -0.125. The first-order valence-corrected chi connectivity index (χ1v) is 7.10. The van der Waals surface area contributed by atoms with Crippen LogP contribution in [0.2, 0.25) is 0 Å². The maximum atomic E-state index is 11.5. The summed E-state index contributed by atoms with van der Waals surface area (Å²) in [7, 11) is 0. The van der Waals surface area contributed by atoms with E-state index >= 15 is 0 Å². The minimum atomic E-state index is -0.227. The molecular weight excluding hydrogens is 254 g/mol. The van der Waals surface area contributed by atoms with Crippen molar-refractivity contribution in [2.75, 3.05) is 6.61 Å². The summed E-state index contributed by atoms with van der Waals surface area (Å²) in [5.74, 6) is 0.921. The van der Waals surface area contributed by atoms with Crippen LogP contribution in [0.25, 0.3) is 0 Å². The van der Waals surface area contributed by atoms with E-state index in [9.17, 15) is 9.59 Å². The predicted octanol–water partition coefficient (Wildman–Crippen LogP) is 2.32. The number of rotatable bonds is 6. The Labute approximate surface area is 119 Å². The molecule has 0 radical (unpaired) electrons. The number of imide groups is 1. The minimum Gasteiger partial charge on any atom is -0.494 e. The Morgan fingerprint density at radius 3 is 2.50 bits per heavy atom. The summed E-state index contributed by atoms with van der Waals surface area (Å²) in [6, 6.07) is 7.76. The van der Waals surface area contributed by atoms with Crippen molar-refractivity contribution in [1.82, 2.24) is 5.32 Å². The average molecular weight is 275 g/mol. The minimum absolute atomic E-state index is 0.160. The summed E-state index contributed by atoms with van der Waals surface area (Å²) < 4.78 is 5.65. The predicted molar refractivity (Wildman–Crippen MR) is 76.4 cm³/mol. The number of hydrogen-bond acceptors (Lipinski definition) is 3. The maximum Gasteiger partial charge on any atom is 0.230 e. The molecule has 1 N–H and O–H groups in total. The fourth-order valence-corrected chi connectivity index (χ4v) is 2.19. The number of ether oxygens (including phenoxy) is 1. The Morgan fingerprint density at radius 2 is 1.95 bits per heavy atom. The molecule has 108 valence electrons. The van der Waals surface area contributed by atoms with Crippen molar-refractivity contribution in [3.8, 4) is 5.75 Å². The third kappa shape index (κ3) is 4.08. The molecule has 0 saturated carbocycles. The molecule has 1 aromatic rings. The zero-order chi connectivity index (χ0) is 14.5. The second-order valence-electron chi connectivity index (χ2n) is 5.69. The van der Waals surface area contributed by atoms with Gasteiger partial charge in [0.05, 0.1) is 12.5 Å². The number of amides is 2. The van der Waals surface area contributed by atoms with E-state index < -0.39 is 0 Å². The lowest BCUT2D eigenvalue weighted by Crippen LogP contribution is -2.22. The molecule has 1 saturated heterocycles. The van der Waals surface area contributed by atoms with Crippen LogP contribution in [0, 0.1) is 11.8 Å². The van der Waals surface area contributed by atoms with Gasteiger partial charge in [0.1, 0.15) is 5.75 Å². The van der Waals surface area contributed by atoms with Crippen molar-refractivity contribution in [1.29, 1.82) is 0 Å². The van der Waals surface area contributed by atoms with Gasteiger partial charge in [-0.2, -0.15) is 0 Å². The Bertz CT molecular complexity index is 479. The van der Waals surface area contributed by atoms with Crippen LogP contribution < -0.4 is 10.1 Å². The molecule has 4 heteroatoms. The van der Waals surface area contributed by atoms with E-state index in [0.29, 0.717) is 18.8 Å². The van der Waals surface area contributed by atoms with Crippen LogP contribution in [-0.4, -0.2) is 18.4 Å². The Morgan fingerprint density at radius 1 is 1.25 bits per heavy atom. The molecule has 0 bridgehead atoms. The third-order valence-electron chi connectivity index (χ3n) is 3.43. The van der Waals surface area contributed by atoms with Gasteiger partial charge >= 0.3 is 0 Å². The monoisotopic (exact) mass is 275 g/mol. The van der Waals surface area contributed by atoms with Crippen molar-refractivity contribution in [2.24, 2.45) is 11.8 Å². The van der Waals surface area contributed by atoms with Crippen molar-refractivity contribution in [2.45, 2.75) is 33.1 Å². The molecule has 1 atom stereocenters. The molecule has 1 aromatic carbocycles. The largest absolute Gasteiger partial charge is 0.494 e. The van der Waals surface area contributed by atoms with Crippen LogP contribution in [0.4, 0.5) is 0 Å². The fraction of sp³-hybridized carbons (Fsp3) is 0.500. The number of carbonyl (C=O) groups is 2. The smallest absolute Gasteiger partial charge is 0.230 e. The Kier molecular flexibility index (Phi) is 4.77. The molecule has 4 nitrogen and oxygen atoms in total. The summed E-state index contributed by atoms with van der Waals surface area (Å²) >= 11 is 0. The van der Waals surface area contributed by atoms with Crippen molar-refractivity contribution in [3.63, 3.8) is 0 Å². The fourth-order valence-electron chi connectivity index (χ4n) is 2.19. The summed E-state index contributed by atoms with van der Waals surface area (Å²) in [6.07, 6.45) is 1.93. The maximum absolute atomic E-state index is 11.5. The topological polar surface area (TPSA) is 55.4 Å². The molecule has 1 heterocycles. The van der Waals surface area contributed by atoms with Crippen molar-refractivity contribution < 1.29 is 14.3 Å². The van der Waals surface area contributed by atoms with Gasteiger partial charge in [-0.3, -0.25) is 14.9 Å². The Balaban J connectivity index is 1.85. The van der Waals surface area contributed by atoms with E-state index in [-0.39, 0.29) is 17.7 Å². The van der Waals surface area contributed by atoms with Crippen LogP contribution in [-0.2, 0) is 16.0 Å². The lowest BCUT2D eigenvalue weighted by Gasteiger charge is -2.10. The van der Waals surface area contributed by atoms with Crippen LogP contribution in [0.1, 0.15) is 32.3 Å². The lowest BCUT2D eigenvalue weighted by atomic mass is 9.98. The normalized spacial score (nSPS) is 18.4. The highest BCUT2D eigenvalue weighted by Gasteiger charge is 2.30. The summed E-state index contributed by atoms with van der Waals surface area (Å²) in [6.45, 7) is 5.05. The van der Waals surface area contributed by atoms with E-state index in [1.807, 2.05) is 24.3 Å². The molecule has 20 heavy (non-hydrogen) atoms. The van der Waals surface area contributed by atoms with Gasteiger partial charge in [0.2, 0.25) is 11.8 Å². The molecule has 1 fully saturated rings. The summed E-state index contributed by atoms with van der Waals surface area (Å²) in [4.78, 5) is 22.6. The molecule has 0 unspecified atom stereocenters. The molecule has 2 amide bonds. The number of nitrogens with one attached hydrogen (secondary N) is 1. The second-order valence-corrected chi connectivity index (χ2v) is 5.69. The first kappa shape index (κ1) is 14.6. The van der Waals surface area contributed by atoms with Gasteiger partial charge in [-0.15, -0.1) is 0 Å². The highest BCUT2D eigenvalue weighted by molar-refractivity contribution is 6.03. The van der Waals surface area contributed by atoms with E-state index in [1.165, 1.54) is 0 Å². The standard InChI is InChI=1S/C16H21NO3/c1-11(2)7-8-20-14-5-3-12(4-6-14)9-13-10-15(18)17-16(13)19/h3-6,11,13H,7-10H2,1-2H3,(H,17,18,19)/t13-/m0/s1. The van der Waals surface area contributed by atoms with Crippen molar-refractivity contribution in [3.05, 3.63) is 29.8 Å². The van der Waals surface area contributed by atoms with Gasteiger partial charge in [-0.1, -0.05) is 26.0 Å². The van der Waals surface area contributed by atoms with Gasteiger partial charge in [0.25, 0.3) is 0 Å². The molecule has 2 rings (SSSR count). The molecular formula is C16H21NO3. The quantitative estimate of drug-likeness (QED) is 0.811. The number of carbonyl (C=O) groups excluding carboxylic acids is 2. The third-order valence-corrected chi connectivity index (χ3v) is 3.43. The first-order valence-electron chi connectivity index (χ1n) is 7.10. The number of hydrogen-bond donors (Lipinski definition) is 1. The molecule has 0 aliphatic carbocycles. The highest BCUT2D eigenvalue weighted by atomic mass is 16.5. The second kappa shape index (κ2) is 6.55. The SMILES string of the molecule is CC(C)CCOc1ccc(C[C@H]2CC(=O)NC2=O)cc1. The Hall–Kier alpha value is -1.84. The van der Waals surface area contributed by atoms with E-state index in [2.05, 4.69) is 19.2 Å². The van der Waals surface area contributed by atoms with E-state index in [0.717, 1.165) is 24.3 Å². The van der Waals surface area contributed by atoms with Crippen molar-refractivity contribution >= 4 is 11.8 Å². The molecule has 0 aromatic heterocycles. The van der Waals surface area contributed by atoms with E-state index in [4.69, 9.17) is 4.74 Å². The highest BCUT2D eigenvalue weighted by Crippen LogP contribution is 2.20. The van der Waals surface area contributed by atoms with Gasteiger partial charge in [0, 0.05) is 6.42 Å². The van der Waals surface area contributed by atoms with Gasteiger partial charge in [0.15, 0.2) is 0 Å². The molecule has 0 spiro atoms. The zero-order valence-corrected chi connectivity index (χ0v) is 12.0. The zero-order valence-electron chi connectivity index (χ0n) is 12.0. The van der Waals surface area contributed by atoms with Crippen LogP contribution in [0.3, 0.4) is 0 Å². The van der Waals surface area contributed by atoms with Crippen LogP contribution in [0.15, 0.2) is 24.3 Å². The summed E-state index contributed by atoms with van der Waals surface area (Å²) in [5.41, 5.74) is 1.05. The van der Waals surface area contributed by atoms with Crippen LogP contribution >= 0.6 is 0 Å². The summed E-state index contributed by atoms with van der Waals surface area (Å²) in [5, 5.41) is 2.33. The number of benzene rings is 1. The average Bonchev–Trinajstić information content (AvgIpc) is 2.69. The molecule has 1 aliphatic rings. The van der Waals surface area contributed by atoms with E-state index in [1.54, 1.807) is 0 Å². The molecule has 1 aliphatic heterocycles. The first-order chi connectivity index (χ1) is 9.54. The van der Waals surface area contributed by atoms with Gasteiger partial charge < -0.3 is 4.74 Å². The van der Waals surface area contributed by atoms with Gasteiger partial charge in [-0.25, -0.2) is 0 Å². The van der Waals surface area contributed by atoms with Crippen LogP contribution in [0.5, 0.6) is 5.75 Å².